The van der Waals surface area contributed by atoms with Crippen LogP contribution >= 0.6 is 0 Å². The lowest BCUT2D eigenvalue weighted by atomic mass is 10.1. The predicted molar refractivity (Wildman–Crippen MR) is 39.9 cm³/mol. The molecule has 0 radical (unpaired) electrons. The molecule has 2 atom stereocenters. The van der Waals surface area contributed by atoms with Crippen molar-refractivity contribution >= 4 is 5.97 Å². The van der Waals surface area contributed by atoms with Gasteiger partial charge in [-0.05, 0) is 12.5 Å². The summed E-state index contributed by atoms with van der Waals surface area (Å²) in [4.78, 5) is 10.5. The van der Waals surface area contributed by atoms with E-state index in [0.717, 1.165) is 6.42 Å². The van der Waals surface area contributed by atoms with Crippen LogP contribution < -0.4 is 0 Å². The molecular formula is C8H12O3. The molecule has 0 aromatic rings. The van der Waals surface area contributed by atoms with E-state index < -0.39 is 0 Å². The Morgan fingerprint density at radius 3 is 2.91 bits per heavy atom. The molecule has 11 heavy (non-hydrogen) atoms. The van der Waals surface area contributed by atoms with Crippen molar-refractivity contribution in [3.63, 3.8) is 0 Å². The van der Waals surface area contributed by atoms with Gasteiger partial charge in [-0.25, -0.2) is 0 Å². The third-order valence-corrected chi connectivity index (χ3v) is 1.68. The zero-order valence-corrected chi connectivity index (χ0v) is 6.49. The number of ether oxygens (including phenoxy) is 1. The van der Waals surface area contributed by atoms with E-state index in [2.05, 4.69) is 0 Å². The quantitative estimate of drug-likeness (QED) is 0.467. The fraction of sp³-hybridized carbons (Fsp3) is 0.625. The van der Waals surface area contributed by atoms with Crippen molar-refractivity contribution < 1.29 is 14.6 Å². The van der Waals surface area contributed by atoms with E-state index in [1.807, 2.05) is 12.2 Å². The zero-order valence-electron chi connectivity index (χ0n) is 6.49. The van der Waals surface area contributed by atoms with Crippen LogP contribution in [-0.4, -0.2) is 23.8 Å². The van der Waals surface area contributed by atoms with Crippen molar-refractivity contribution in [2.75, 3.05) is 6.61 Å². The summed E-state index contributed by atoms with van der Waals surface area (Å²) >= 11 is 0. The van der Waals surface area contributed by atoms with E-state index in [0.29, 0.717) is 0 Å². The van der Waals surface area contributed by atoms with E-state index in [1.165, 1.54) is 6.92 Å². The molecule has 3 heteroatoms. The molecular weight excluding hydrogens is 144 g/mol. The molecule has 3 nitrogen and oxygen atoms in total. The molecule has 1 rings (SSSR count). The van der Waals surface area contributed by atoms with Crippen LogP contribution in [0.3, 0.4) is 0 Å². The number of aliphatic hydroxyl groups is 1. The second-order valence-electron chi connectivity index (χ2n) is 2.71. The smallest absolute Gasteiger partial charge is 0.303 e. The minimum atomic E-state index is -0.266. The maximum absolute atomic E-state index is 10.5. The van der Waals surface area contributed by atoms with Gasteiger partial charge in [0.2, 0.25) is 0 Å². The fourth-order valence-electron chi connectivity index (χ4n) is 1.17. The van der Waals surface area contributed by atoms with Crippen LogP contribution in [0.4, 0.5) is 0 Å². The minimum absolute atomic E-state index is 0.121. The summed E-state index contributed by atoms with van der Waals surface area (Å²) < 4.78 is 4.91. The van der Waals surface area contributed by atoms with Crippen LogP contribution in [0.15, 0.2) is 12.2 Å². The molecule has 0 saturated heterocycles. The normalized spacial score (nSPS) is 28.9. The van der Waals surface area contributed by atoms with Crippen LogP contribution in [0.1, 0.15) is 13.3 Å². The molecule has 0 spiro atoms. The first kappa shape index (κ1) is 8.27. The summed E-state index contributed by atoms with van der Waals surface area (Å²) in [6.45, 7) is 1.52. The first-order valence-electron chi connectivity index (χ1n) is 3.68. The Labute approximate surface area is 65.7 Å². The van der Waals surface area contributed by atoms with Crippen LogP contribution in [-0.2, 0) is 9.53 Å². The fourth-order valence-corrected chi connectivity index (χ4v) is 1.17. The van der Waals surface area contributed by atoms with Crippen LogP contribution in [0, 0.1) is 5.92 Å². The molecule has 0 amide bonds. The standard InChI is InChI=1S/C8H12O3/c1-6(10)11-8-3-2-7(4-8)5-9/h2-3,7-9H,4-5H2,1H3. The first-order valence-corrected chi connectivity index (χ1v) is 3.68. The number of esters is 1. The Bertz CT molecular complexity index is 174. The van der Waals surface area contributed by atoms with Gasteiger partial charge in [-0.3, -0.25) is 4.79 Å². The summed E-state index contributed by atoms with van der Waals surface area (Å²) in [6.07, 6.45) is 4.30. The van der Waals surface area contributed by atoms with Crippen molar-refractivity contribution in [2.45, 2.75) is 19.4 Å². The molecule has 0 aromatic carbocycles. The van der Waals surface area contributed by atoms with Gasteiger partial charge in [0.15, 0.2) is 0 Å². The third kappa shape index (κ3) is 2.35. The molecule has 2 unspecified atom stereocenters. The Kier molecular flexibility index (Phi) is 2.65. The topological polar surface area (TPSA) is 46.5 Å². The molecule has 1 aliphatic rings. The lowest BCUT2D eigenvalue weighted by molar-refractivity contribution is -0.144. The largest absolute Gasteiger partial charge is 0.458 e. The van der Waals surface area contributed by atoms with E-state index >= 15 is 0 Å². The van der Waals surface area contributed by atoms with Gasteiger partial charge >= 0.3 is 5.97 Å². The second kappa shape index (κ2) is 3.53. The molecule has 0 bridgehead atoms. The number of rotatable bonds is 2. The number of hydrogen-bond donors (Lipinski definition) is 1. The average molecular weight is 156 g/mol. The van der Waals surface area contributed by atoms with E-state index in [4.69, 9.17) is 9.84 Å². The van der Waals surface area contributed by atoms with Gasteiger partial charge in [0.05, 0.1) is 0 Å². The lowest BCUT2D eigenvalue weighted by Crippen LogP contribution is -2.13. The van der Waals surface area contributed by atoms with Gasteiger partial charge in [0, 0.05) is 19.4 Å². The average Bonchev–Trinajstić information content (AvgIpc) is 2.34. The van der Waals surface area contributed by atoms with E-state index in [-0.39, 0.29) is 24.6 Å². The summed E-state index contributed by atoms with van der Waals surface area (Å²) in [5, 5.41) is 8.73. The number of carbonyl (C=O) groups excluding carboxylic acids is 1. The summed E-state index contributed by atoms with van der Waals surface area (Å²) in [7, 11) is 0. The Balaban J connectivity index is 2.32. The molecule has 1 aliphatic carbocycles. The summed E-state index contributed by atoms with van der Waals surface area (Å²) in [6, 6.07) is 0. The second-order valence-corrected chi connectivity index (χ2v) is 2.71. The molecule has 0 aromatic heterocycles. The monoisotopic (exact) mass is 156 g/mol. The maximum Gasteiger partial charge on any atom is 0.303 e. The van der Waals surface area contributed by atoms with Crippen LogP contribution in [0.25, 0.3) is 0 Å². The highest BCUT2D eigenvalue weighted by Gasteiger charge is 2.19. The molecule has 1 N–H and O–H groups in total. The number of aliphatic hydroxyl groups excluding tert-OH is 1. The molecule has 0 heterocycles. The van der Waals surface area contributed by atoms with Gasteiger partial charge in [0.25, 0.3) is 0 Å². The van der Waals surface area contributed by atoms with Crippen molar-refractivity contribution in [3.8, 4) is 0 Å². The number of hydrogen-bond acceptors (Lipinski definition) is 3. The molecule has 62 valence electrons. The Morgan fingerprint density at radius 1 is 1.73 bits per heavy atom. The van der Waals surface area contributed by atoms with Gasteiger partial charge < -0.3 is 9.84 Å². The van der Waals surface area contributed by atoms with Crippen LogP contribution in [0.5, 0.6) is 0 Å². The van der Waals surface area contributed by atoms with Gasteiger partial charge in [-0.15, -0.1) is 0 Å². The SMILES string of the molecule is CC(=O)OC1C=CC(CO)C1. The van der Waals surface area contributed by atoms with E-state index in [9.17, 15) is 4.79 Å². The predicted octanol–water partition coefficient (Wildman–Crippen LogP) is 0.486. The Hall–Kier alpha value is -0.830. The van der Waals surface area contributed by atoms with Gasteiger partial charge in [0.1, 0.15) is 6.10 Å². The van der Waals surface area contributed by atoms with Crippen molar-refractivity contribution in [1.29, 1.82) is 0 Å². The highest BCUT2D eigenvalue weighted by Crippen LogP contribution is 2.19. The van der Waals surface area contributed by atoms with Gasteiger partial charge in [-0.1, -0.05) is 6.08 Å². The minimum Gasteiger partial charge on any atom is -0.458 e. The summed E-state index contributed by atoms with van der Waals surface area (Å²) in [5.74, 6) is -0.0995. The third-order valence-electron chi connectivity index (χ3n) is 1.68. The highest BCUT2D eigenvalue weighted by atomic mass is 16.5. The highest BCUT2D eigenvalue weighted by molar-refractivity contribution is 5.66. The van der Waals surface area contributed by atoms with Crippen molar-refractivity contribution in [2.24, 2.45) is 5.92 Å². The molecule has 0 saturated carbocycles. The zero-order chi connectivity index (χ0) is 8.27. The Morgan fingerprint density at radius 2 is 2.45 bits per heavy atom. The van der Waals surface area contributed by atoms with Crippen molar-refractivity contribution in [3.05, 3.63) is 12.2 Å². The van der Waals surface area contributed by atoms with E-state index in [1.54, 1.807) is 0 Å². The summed E-state index contributed by atoms with van der Waals surface area (Å²) in [5.41, 5.74) is 0. The molecule has 0 fully saturated rings. The van der Waals surface area contributed by atoms with Crippen LogP contribution in [0.2, 0.25) is 0 Å². The lowest BCUT2D eigenvalue weighted by Gasteiger charge is -2.09. The maximum atomic E-state index is 10.5. The first-order chi connectivity index (χ1) is 5.22. The molecule has 0 aliphatic heterocycles. The number of carbonyl (C=O) groups is 1. The van der Waals surface area contributed by atoms with Gasteiger partial charge in [-0.2, -0.15) is 0 Å². The van der Waals surface area contributed by atoms with Crippen molar-refractivity contribution in [1.82, 2.24) is 0 Å².